The number of nitrogens with one attached hydrogen (secondary N) is 1. The molecule has 4 rings (SSSR count). The summed E-state index contributed by atoms with van der Waals surface area (Å²) in [5.41, 5.74) is 16.7. The normalized spacial score (nSPS) is 22.4. The summed E-state index contributed by atoms with van der Waals surface area (Å²) in [6.45, 7) is 7.99. The SMILES string of the molecule is CCCC/C(CCC)=C(/NCCC)C1CC2=C=C1CC1=C=C(C1)C2. The number of hydrogen-bond acceptors (Lipinski definition) is 1. The van der Waals surface area contributed by atoms with Crippen molar-refractivity contribution in [3.05, 3.63) is 45.0 Å². The van der Waals surface area contributed by atoms with Crippen molar-refractivity contribution in [3.8, 4) is 0 Å². The number of allylic oxidation sites excluding steroid dienone is 3. The average Bonchev–Trinajstić information content (AvgIpc) is 2.94. The van der Waals surface area contributed by atoms with Crippen molar-refractivity contribution in [2.24, 2.45) is 5.92 Å². The molecule has 0 aromatic carbocycles. The molecular formula is C23H33N. The van der Waals surface area contributed by atoms with Gasteiger partial charge in [-0.25, -0.2) is 0 Å². The number of unbranched alkanes of at least 4 members (excludes halogenated alkanes) is 1. The topological polar surface area (TPSA) is 12.0 Å². The highest BCUT2D eigenvalue weighted by Gasteiger charge is 2.31. The van der Waals surface area contributed by atoms with Gasteiger partial charge >= 0.3 is 0 Å². The molecule has 130 valence electrons. The maximum absolute atomic E-state index is 3.86. The van der Waals surface area contributed by atoms with E-state index in [0.717, 1.165) is 19.4 Å². The first-order chi connectivity index (χ1) is 11.7. The standard InChI is InChI=1S/C23H33N/c1-4-7-9-20(8-5-2)23(24-10-6-3)22-16-19-13-17-11-18(12-17)14-21(22)15-19/h22,24H,4-11,13-14,16H2,1-3H3/b23-20+. The molecule has 0 saturated heterocycles. The zero-order valence-corrected chi connectivity index (χ0v) is 15.9. The van der Waals surface area contributed by atoms with Gasteiger partial charge in [-0.05, 0) is 54.4 Å². The van der Waals surface area contributed by atoms with Crippen LogP contribution in [0.15, 0.2) is 45.0 Å². The zero-order valence-electron chi connectivity index (χ0n) is 15.9. The zero-order chi connectivity index (χ0) is 16.9. The molecule has 1 heteroatoms. The lowest BCUT2D eigenvalue weighted by Crippen LogP contribution is -2.24. The Labute approximate surface area is 148 Å². The second kappa shape index (κ2) is 8.11. The van der Waals surface area contributed by atoms with Crippen molar-refractivity contribution in [1.82, 2.24) is 5.32 Å². The fourth-order valence-corrected chi connectivity index (χ4v) is 4.33. The first-order valence-electron chi connectivity index (χ1n) is 10.1. The van der Waals surface area contributed by atoms with E-state index in [0.29, 0.717) is 5.92 Å². The Kier molecular flexibility index (Phi) is 5.88. The highest BCUT2D eigenvalue weighted by atomic mass is 14.9. The monoisotopic (exact) mass is 323 g/mol. The van der Waals surface area contributed by atoms with Gasteiger partial charge in [0, 0.05) is 37.4 Å². The van der Waals surface area contributed by atoms with Crippen LogP contribution < -0.4 is 5.32 Å². The molecule has 0 radical (unpaired) electrons. The summed E-state index contributed by atoms with van der Waals surface area (Å²) < 4.78 is 0. The predicted molar refractivity (Wildman–Crippen MR) is 103 cm³/mol. The molecule has 1 nitrogen and oxygen atoms in total. The van der Waals surface area contributed by atoms with Crippen molar-refractivity contribution >= 4 is 0 Å². The molecule has 0 amide bonds. The minimum absolute atomic E-state index is 0.569. The fraction of sp³-hybridized carbons (Fsp3) is 0.652. The van der Waals surface area contributed by atoms with Crippen LogP contribution in [0.2, 0.25) is 0 Å². The lowest BCUT2D eigenvalue weighted by molar-refractivity contribution is 0.589. The van der Waals surface area contributed by atoms with E-state index in [4.69, 9.17) is 0 Å². The second-order valence-corrected chi connectivity index (χ2v) is 7.67. The number of rotatable bonds is 9. The van der Waals surface area contributed by atoms with Crippen LogP contribution in [0.25, 0.3) is 0 Å². The Morgan fingerprint density at radius 2 is 1.67 bits per heavy atom. The molecule has 4 aliphatic carbocycles. The Bertz CT molecular complexity index is 646. The van der Waals surface area contributed by atoms with Gasteiger partial charge in [-0.1, -0.05) is 39.2 Å². The average molecular weight is 324 g/mol. The first kappa shape index (κ1) is 17.4. The third kappa shape index (κ3) is 3.80. The van der Waals surface area contributed by atoms with E-state index in [9.17, 15) is 0 Å². The minimum Gasteiger partial charge on any atom is -0.388 e. The molecule has 1 unspecified atom stereocenters. The number of hydrogen-bond donors (Lipinski definition) is 1. The second-order valence-electron chi connectivity index (χ2n) is 7.67. The molecule has 0 aromatic heterocycles. The van der Waals surface area contributed by atoms with Crippen molar-refractivity contribution in [2.45, 2.75) is 85.0 Å². The van der Waals surface area contributed by atoms with E-state index < -0.39 is 0 Å². The minimum atomic E-state index is 0.569. The van der Waals surface area contributed by atoms with Crippen LogP contribution in [0.5, 0.6) is 0 Å². The molecular weight excluding hydrogens is 290 g/mol. The lowest BCUT2D eigenvalue weighted by atomic mass is 9.85. The third-order valence-corrected chi connectivity index (χ3v) is 5.50. The van der Waals surface area contributed by atoms with E-state index in [-0.39, 0.29) is 0 Å². The molecule has 0 saturated carbocycles. The first-order valence-corrected chi connectivity index (χ1v) is 10.1. The molecule has 0 aliphatic heterocycles. The van der Waals surface area contributed by atoms with Crippen molar-refractivity contribution < 1.29 is 0 Å². The van der Waals surface area contributed by atoms with E-state index in [1.54, 1.807) is 11.3 Å². The van der Waals surface area contributed by atoms with E-state index >= 15 is 0 Å². The van der Waals surface area contributed by atoms with Crippen LogP contribution in [0.4, 0.5) is 0 Å². The van der Waals surface area contributed by atoms with Gasteiger partial charge in [0.25, 0.3) is 0 Å². The summed E-state index contributed by atoms with van der Waals surface area (Å²) in [7, 11) is 0. The largest absolute Gasteiger partial charge is 0.388 e. The van der Waals surface area contributed by atoms with Crippen LogP contribution >= 0.6 is 0 Å². The molecule has 4 bridgehead atoms. The summed E-state index contributed by atoms with van der Waals surface area (Å²) >= 11 is 0. The molecule has 0 heterocycles. The lowest BCUT2D eigenvalue weighted by Gasteiger charge is -2.25. The van der Waals surface area contributed by atoms with Gasteiger partial charge in [0.15, 0.2) is 0 Å². The molecule has 0 fully saturated rings. The predicted octanol–water partition coefficient (Wildman–Crippen LogP) is 6.35. The Balaban J connectivity index is 1.85. The Hall–Kier alpha value is -1.42. The van der Waals surface area contributed by atoms with Crippen LogP contribution in [-0.4, -0.2) is 6.54 Å². The maximum atomic E-state index is 3.86. The molecule has 1 N–H and O–H groups in total. The highest BCUT2D eigenvalue weighted by Crippen LogP contribution is 2.44. The summed E-state index contributed by atoms with van der Waals surface area (Å²) in [4.78, 5) is 0. The van der Waals surface area contributed by atoms with Crippen LogP contribution in [0.1, 0.15) is 85.0 Å². The van der Waals surface area contributed by atoms with Crippen LogP contribution in [0.3, 0.4) is 0 Å². The molecule has 0 spiro atoms. The quantitative estimate of drug-likeness (QED) is 0.487. The molecule has 4 aliphatic rings. The molecule has 1 atom stereocenters. The van der Waals surface area contributed by atoms with E-state index in [1.165, 1.54) is 73.7 Å². The van der Waals surface area contributed by atoms with Gasteiger partial charge in [0.1, 0.15) is 0 Å². The highest BCUT2D eigenvalue weighted by molar-refractivity contribution is 5.43. The molecule has 0 aromatic rings. The Morgan fingerprint density at radius 1 is 0.917 bits per heavy atom. The van der Waals surface area contributed by atoms with Gasteiger partial charge in [-0.3, -0.25) is 0 Å². The van der Waals surface area contributed by atoms with Gasteiger partial charge in [-0.15, -0.1) is 11.5 Å². The van der Waals surface area contributed by atoms with E-state index in [1.807, 2.05) is 0 Å². The maximum Gasteiger partial charge on any atom is 0.0318 e. The van der Waals surface area contributed by atoms with Crippen molar-refractivity contribution in [2.75, 3.05) is 6.54 Å². The smallest absolute Gasteiger partial charge is 0.0318 e. The van der Waals surface area contributed by atoms with Gasteiger partial charge in [0.05, 0.1) is 0 Å². The van der Waals surface area contributed by atoms with Gasteiger partial charge in [-0.2, -0.15) is 0 Å². The summed E-state index contributed by atoms with van der Waals surface area (Å²) in [5.74, 6) is 0.569. The third-order valence-electron chi connectivity index (χ3n) is 5.50. The summed E-state index contributed by atoms with van der Waals surface area (Å²) in [5, 5.41) is 3.86. The van der Waals surface area contributed by atoms with Crippen molar-refractivity contribution in [3.63, 3.8) is 0 Å². The van der Waals surface area contributed by atoms with E-state index in [2.05, 4.69) is 37.6 Å². The fourth-order valence-electron chi connectivity index (χ4n) is 4.33. The summed E-state index contributed by atoms with van der Waals surface area (Å²) in [6, 6.07) is 0. The van der Waals surface area contributed by atoms with Crippen molar-refractivity contribution in [1.29, 1.82) is 0 Å². The summed E-state index contributed by atoms with van der Waals surface area (Å²) in [6.07, 6.45) is 12.2. The van der Waals surface area contributed by atoms with Crippen LogP contribution in [0, 0.1) is 5.92 Å². The van der Waals surface area contributed by atoms with Gasteiger partial charge < -0.3 is 5.32 Å². The Morgan fingerprint density at radius 3 is 2.38 bits per heavy atom. The van der Waals surface area contributed by atoms with Crippen LogP contribution in [-0.2, 0) is 0 Å². The molecule has 24 heavy (non-hydrogen) atoms. The van der Waals surface area contributed by atoms with Gasteiger partial charge in [0.2, 0.25) is 0 Å².